The fourth-order valence-electron chi connectivity index (χ4n) is 1.47. The van der Waals surface area contributed by atoms with Crippen molar-refractivity contribution in [1.82, 2.24) is 14.8 Å². The summed E-state index contributed by atoms with van der Waals surface area (Å²) in [4.78, 5) is 11.0. The number of hydrogen-bond acceptors (Lipinski definition) is 4. The molecule has 1 aromatic heterocycles. The van der Waals surface area contributed by atoms with Gasteiger partial charge in [0.2, 0.25) is 0 Å². The molecule has 0 aliphatic carbocycles. The molecule has 0 amide bonds. The molecule has 2 aromatic rings. The molecule has 0 saturated heterocycles. The van der Waals surface area contributed by atoms with Crippen molar-refractivity contribution < 1.29 is 9.90 Å². The lowest BCUT2D eigenvalue weighted by Gasteiger charge is -2.04. The number of anilines is 1. The molecule has 0 atom stereocenters. The predicted octanol–water partition coefficient (Wildman–Crippen LogP) is 1.36. The Morgan fingerprint density at radius 2 is 2.06 bits per heavy atom. The molecule has 82 valence electrons. The number of carbonyl (C=O) groups is 1. The third kappa shape index (κ3) is 1.50. The van der Waals surface area contributed by atoms with Gasteiger partial charge in [-0.05, 0) is 19.1 Å². The second kappa shape index (κ2) is 3.65. The van der Waals surface area contributed by atoms with E-state index in [1.54, 1.807) is 31.2 Å². The first kappa shape index (κ1) is 10.2. The maximum Gasteiger partial charge on any atom is 0.418 e. The van der Waals surface area contributed by atoms with E-state index in [4.69, 9.17) is 10.8 Å². The maximum absolute atomic E-state index is 11.0. The lowest BCUT2D eigenvalue weighted by Crippen LogP contribution is -2.12. The fraction of sp³-hybridized carbons (Fsp3) is 0.100. The average Bonchev–Trinajstić information content (AvgIpc) is 2.61. The zero-order valence-corrected chi connectivity index (χ0v) is 8.58. The van der Waals surface area contributed by atoms with E-state index in [0.717, 1.165) is 4.57 Å². The van der Waals surface area contributed by atoms with Crippen LogP contribution in [0.25, 0.3) is 11.4 Å². The molecule has 0 spiro atoms. The molecule has 6 nitrogen and oxygen atoms in total. The molecule has 3 N–H and O–H groups in total. The third-order valence-corrected chi connectivity index (χ3v) is 2.22. The molecule has 0 bridgehead atoms. The summed E-state index contributed by atoms with van der Waals surface area (Å²) >= 11 is 0. The number of benzene rings is 1. The van der Waals surface area contributed by atoms with E-state index in [9.17, 15) is 4.79 Å². The van der Waals surface area contributed by atoms with Gasteiger partial charge in [-0.15, -0.1) is 10.2 Å². The van der Waals surface area contributed by atoms with Crippen molar-refractivity contribution >= 4 is 11.8 Å². The van der Waals surface area contributed by atoms with Crippen molar-refractivity contribution in [3.05, 3.63) is 30.1 Å². The number of nitrogens with zero attached hydrogens (tertiary/aromatic N) is 3. The number of aromatic nitrogens is 3. The van der Waals surface area contributed by atoms with Gasteiger partial charge >= 0.3 is 6.09 Å². The van der Waals surface area contributed by atoms with Gasteiger partial charge in [0.25, 0.3) is 0 Å². The highest BCUT2D eigenvalue weighted by atomic mass is 16.4. The lowest BCUT2D eigenvalue weighted by molar-refractivity contribution is 0.196. The number of para-hydroxylation sites is 1. The summed E-state index contributed by atoms with van der Waals surface area (Å²) in [5.41, 5.74) is 6.79. The first-order chi connectivity index (χ1) is 7.61. The summed E-state index contributed by atoms with van der Waals surface area (Å²) in [5.74, 6) is 0.550. The molecule has 0 unspecified atom stereocenters. The largest absolute Gasteiger partial charge is 0.464 e. The number of nitrogens with two attached hydrogens (primary N) is 1. The van der Waals surface area contributed by atoms with Crippen LogP contribution < -0.4 is 5.73 Å². The predicted molar refractivity (Wildman–Crippen MR) is 58.0 cm³/mol. The minimum atomic E-state index is -1.12. The van der Waals surface area contributed by atoms with Gasteiger partial charge in [-0.25, -0.2) is 9.36 Å². The van der Waals surface area contributed by atoms with Crippen LogP contribution in [0.5, 0.6) is 0 Å². The van der Waals surface area contributed by atoms with Gasteiger partial charge in [0.1, 0.15) is 5.82 Å². The number of nitrogen functional groups attached to an aromatic ring is 1. The standard InChI is InChI=1S/C10H10N4O2/c1-6-12-13-9(14(6)10(15)16)7-4-2-3-5-8(7)11/h2-5H,11H2,1H3,(H,15,16). The quantitative estimate of drug-likeness (QED) is 0.705. The van der Waals surface area contributed by atoms with Crippen molar-refractivity contribution in [2.45, 2.75) is 6.92 Å². The van der Waals surface area contributed by atoms with Crippen molar-refractivity contribution in [2.75, 3.05) is 5.73 Å². The van der Waals surface area contributed by atoms with Crippen LogP contribution in [-0.4, -0.2) is 26.0 Å². The van der Waals surface area contributed by atoms with Gasteiger partial charge in [-0.1, -0.05) is 12.1 Å². The maximum atomic E-state index is 11.0. The van der Waals surface area contributed by atoms with Crippen molar-refractivity contribution in [1.29, 1.82) is 0 Å². The van der Waals surface area contributed by atoms with Crippen LogP contribution >= 0.6 is 0 Å². The molecule has 0 aliphatic heterocycles. The minimum absolute atomic E-state index is 0.239. The zero-order valence-electron chi connectivity index (χ0n) is 8.58. The normalized spacial score (nSPS) is 10.3. The molecule has 1 heterocycles. The highest BCUT2D eigenvalue weighted by molar-refractivity contribution is 5.79. The Hall–Kier alpha value is -2.37. The van der Waals surface area contributed by atoms with E-state index < -0.39 is 6.09 Å². The second-order valence-electron chi connectivity index (χ2n) is 3.28. The number of carboxylic acid groups (broad SMARTS) is 1. The highest BCUT2D eigenvalue weighted by Gasteiger charge is 2.17. The molecular formula is C10H10N4O2. The molecule has 0 saturated carbocycles. The Kier molecular flexibility index (Phi) is 2.32. The second-order valence-corrected chi connectivity index (χ2v) is 3.28. The Bertz CT molecular complexity index is 548. The van der Waals surface area contributed by atoms with Gasteiger partial charge in [-0.3, -0.25) is 0 Å². The van der Waals surface area contributed by atoms with Crippen LogP contribution in [0.1, 0.15) is 5.82 Å². The first-order valence-electron chi connectivity index (χ1n) is 4.61. The Labute approximate surface area is 91.3 Å². The Morgan fingerprint density at radius 1 is 1.38 bits per heavy atom. The van der Waals surface area contributed by atoms with E-state index in [2.05, 4.69) is 10.2 Å². The summed E-state index contributed by atoms with van der Waals surface area (Å²) in [6, 6.07) is 6.93. The molecule has 0 fully saturated rings. The van der Waals surface area contributed by atoms with Crippen molar-refractivity contribution in [2.24, 2.45) is 0 Å². The van der Waals surface area contributed by atoms with Crippen LogP contribution in [0.3, 0.4) is 0 Å². The smallest absolute Gasteiger partial charge is 0.418 e. The molecule has 16 heavy (non-hydrogen) atoms. The van der Waals surface area contributed by atoms with Gasteiger partial charge in [0.15, 0.2) is 5.82 Å². The number of hydrogen-bond donors (Lipinski definition) is 2. The fourth-order valence-corrected chi connectivity index (χ4v) is 1.47. The van der Waals surface area contributed by atoms with E-state index in [-0.39, 0.29) is 5.82 Å². The Balaban J connectivity index is 2.66. The molecule has 2 rings (SSSR count). The van der Waals surface area contributed by atoms with Crippen LogP contribution in [0.15, 0.2) is 24.3 Å². The van der Waals surface area contributed by atoms with Crippen molar-refractivity contribution in [3.63, 3.8) is 0 Å². The number of aryl methyl sites for hydroxylation is 1. The summed E-state index contributed by atoms with van der Waals surface area (Å²) in [7, 11) is 0. The van der Waals surface area contributed by atoms with Crippen LogP contribution in [-0.2, 0) is 0 Å². The SMILES string of the molecule is Cc1nnc(-c2ccccc2N)n1C(=O)O. The molecule has 1 aromatic carbocycles. The summed E-state index contributed by atoms with van der Waals surface area (Å²) in [6.45, 7) is 1.57. The summed E-state index contributed by atoms with van der Waals surface area (Å²) < 4.78 is 1.01. The Morgan fingerprint density at radius 3 is 2.69 bits per heavy atom. The molecule has 0 radical (unpaired) electrons. The van der Waals surface area contributed by atoms with Gasteiger partial charge in [0, 0.05) is 11.3 Å². The van der Waals surface area contributed by atoms with E-state index >= 15 is 0 Å². The average molecular weight is 218 g/mol. The minimum Gasteiger partial charge on any atom is -0.464 e. The zero-order chi connectivity index (χ0) is 11.7. The lowest BCUT2D eigenvalue weighted by atomic mass is 10.1. The molecule has 6 heteroatoms. The summed E-state index contributed by atoms with van der Waals surface area (Å²) in [5, 5.41) is 16.6. The van der Waals surface area contributed by atoms with Gasteiger partial charge in [0.05, 0.1) is 0 Å². The van der Waals surface area contributed by atoms with E-state index in [0.29, 0.717) is 17.1 Å². The van der Waals surface area contributed by atoms with Crippen molar-refractivity contribution in [3.8, 4) is 11.4 Å². The van der Waals surface area contributed by atoms with Crippen LogP contribution in [0.2, 0.25) is 0 Å². The first-order valence-corrected chi connectivity index (χ1v) is 4.61. The van der Waals surface area contributed by atoms with E-state index in [1.807, 2.05) is 0 Å². The summed E-state index contributed by atoms with van der Waals surface area (Å²) in [6.07, 6.45) is -1.12. The topological polar surface area (TPSA) is 94.0 Å². The third-order valence-electron chi connectivity index (χ3n) is 2.22. The van der Waals surface area contributed by atoms with Gasteiger partial charge in [-0.2, -0.15) is 0 Å². The highest BCUT2D eigenvalue weighted by Crippen LogP contribution is 2.23. The van der Waals surface area contributed by atoms with Crippen LogP contribution in [0.4, 0.5) is 10.5 Å². The van der Waals surface area contributed by atoms with Gasteiger partial charge < -0.3 is 10.8 Å². The number of rotatable bonds is 1. The molecular weight excluding hydrogens is 208 g/mol. The van der Waals surface area contributed by atoms with E-state index in [1.165, 1.54) is 0 Å². The van der Waals surface area contributed by atoms with Crippen LogP contribution in [0, 0.1) is 6.92 Å². The molecule has 0 aliphatic rings. The monoisotopic (exact) mass is 218 g/mol.